The van der Waals surface area contributed by atoms with E-state index in [0.29, 0.717) is 5.56 Å². The molecule has 0 radical (unpaired) electrons. The lowest BCUT2D eigenvalue weighted by Gasteiger charge is -2.00. The first-order chi connectivity index (χ1) is 6.02. The Hall–Kier alpha value is -1.36. The molecule has 0 spiro atoms. The highest BCUT2D eigenvalue weighted by Gasteiger charge is 2.27. The lowest BCUT2D eigenvalue weighted by Crippen LogP contribution is -2.11. The molecule has 0 amide bonds. The molecule has 0 atom stereocenters. The van der Waals surface area contributed by atoms with E-state index in [0.717, 1.165) is 5.56 Å². The molecular formula is C8H8N2O2S. The number of hydrogen-bond donors (Lipinski definition) is 1. The molecule has 2 rings (SSSR count). The van der Waals surface area contributed by atoms with Crippen LogP contribution in [0.1, 0.15) is 11.1 Å². The van der Waals surface area contributed by atoms with E-state index in [1.165, 1.54) is 6.07 Å². The molecule has 0 saturated heterocycles. The summed E-state index contributed by atoms with van der Waals surface area (Å²) in [5.74, 6) is 0.0908. The molecule has 1 aliphatic rings. The van der Waals surface area contributed by atoms with Gasteiger partial charge < -0.3 is 5.73 Å². The molecule has 68 valence electrons. The maximum absolute atomic E-state index is 11.3. The van der Waals surface area contributed by atoms with Crippen molar-refractivity contribution in [3.05, 3.63) is 29.3 Å². The van der Waals surface area contributed by atoms with Crippen LogP contribution in [0.25, 0.3) is 0 Å². The summed E-state index contributed by atoms with van der Waals surface area (Å²) in [4.78, 5) is 0.213. The number of amidine groups is 1. The maximum atomic E-state index is 11.3. The first-order valence-corrected chi connectivity index (χ1v) is 5.17. The summed E-state index contributed by atoms with van der Waals surface area (Å²) >= 11 is 0. The second-order valence-electron chi connectivity index (χ2n) is 2.90. The monoisotopic (exact) mass is 196 g/mol. The van der Waals surface area contributed by atoms with Gasteiger partial charge in [-0.1, -0.05) is 12.1 Å². The highest BCUT2D eigenvalue weighted by molar-refractivity contribution is 7.90. The zero-order valence-electron chi connectivity index (χ0n) is 6.98. The maximum Gasteiger partial charge on any atom is 0.285 e. The van der Waals surface area contributed by atoms with Gasteiger partial charge in [-0.3, -0.25) is 0 Å². The minimum Gasteiger partial charge on any atom is -0.382 e. The Kier molecular flexibility index (Phi) is 1.47. The highest BCUT2D eigenvalue weighted by atomic mass is 32.2. The molecule has 0 unspecified atom stereocenters. The van der Waals surface area contributed by atoms with Gasteiger partial charge in [0.25, 0.3) is 10.0 Å². The molecular weight excluding hydrogens is 188 g/mol. The fourth-order valence-electron chi connectivity index (χ4n) is 1.41. The number of rotatable bonds is 0. The van der Waals surface area contributed by atoms with Crippen molar-refractivity contribution in [1.29, 1.82) is 0 Å². The summed E-state index contributed by atoms with van der Waals surface area (Å²) in [5.41, 5.74) is 6.87. The van der Waals surface area contributed by atoms with Crippen molar-refractivity contribution in [2.45, 2.75) is 11.8 Å². The Morgan fingerprint density at radius 3 is 2.69 bits per heavy atom. The third-order valence-electron chi connectivity index (χ3n) is 1.99. The summed E-state index contributed by atoms with van der Waals surface area (Å²) in [5, 5.41) is 0. The van der Waals surface area contributed by atoms with Crippen LogP contribution in [0.15, 0.2) is 27.5 Å². The van der Waals surface area contributed by atoms with Crippen LogP contribution < -0.4 is 5.73 Å². The SMILES string of the molecule is Cc1cccc2c1C(N)=NS2(=O)=O. The predicted molar refractivity (Wildman–Crippen MR) is 49.1 cm³/mol. The topological polar surface area (TPSA) is 72.5 Å². The number of nitrogens with zero attached hydrogens (tertiary/aromatic N) is 1. The molecule has 0 aliphatic carbocycles. The summed E-state index contributed by atoms with van der Waals surface area (Å²) < 4.78 is 26.1. The highest BCUT2D eigenvalue weighted by Crippen LogP contribution is 2.26. The normalized spacial score (nSPS) is 18.1. The van der Waals surface area contributed by atoms with E-state index in [1.54, 1.807) is 6.07 Å². The quantitative estimate of drug-likeness (QED) is 0.652. The molecule has 0 saturated carbocycles. The van der Waals surface area contributed by atoms with Crippen LogP contribution in [0.3, 0.4) is 0 Å². The molecule has 5 heteroatoms. The Morgan fingerprint density at radius 2 is 2.08 bits per heavy atom. The number of aryl methyl sites for hydroxylation is 1. The smallest absolute Gasteiger partial charge is 0.285 e. The van der Waals surface area contributed by atoms with Crippen LogP contribution >= 0.6 is 0 Å². The van der Waals surface area contributed by atoms with Crippen LogP contribution in [0.5, 0.6) is 0 Å². The van der Waals surface area contributed by atoms with Gasteiger partial charge in [0.05, 0.1) is 0 Å². The van der Waals surface area contributed by atoms with Gasteiger partial charge >= 0.3 is 0 Å². The molecule has 13 heavy (non-hydrogen) atoms. The van der Waals surface area contributed by atoms with Crippen molar-refractivity contribution in [3.8, 4) is 0 Å². The minimum atomic E-state index is -3.51. The lowest BCUT2D eigenvalue weighted by molar-refractivity contribution is 0.599. The zero-order chi connectivity index (χ0) is 9.64. The zero-order valence-corrected chi connectivity index (χ0v) is 7.80. The second kappa shape index (κ2) is 2.32. The van der Waals surface area contributed by atoms with Gasteiger partial charge in [0.1, 0.15) is 10.7 Å². The molecule has 0 bridgehead atoms. The van der Waals surface area contributed by atoms with Gasteiger partial charge in [0.15, 0.2) is 0 Å². The standard InChI is InChI=1S/C8H8N2O2S/c1-5-3-2-4-6-7(5)8(9)10-13(6,11)12/h2-4H,1H3,(H2,9,10). The summed E-state index contributed by atoms with van der Waals surface area (Å²) in [6, 6.07) is 5.00. The van der Waals surface area contributed by atoms with E-state index in [4.69, 9.17) is 5.73 Å². The minimum absolute atomic E-state index is 0.0908. The first-order valence-electron chi connectivity index (χ1n) is 3.73. The molecule has 2 N–H and O–H groups in total. The molecule has 1 aromatic carbocycles. The number of nitrogens with two attached hydrogens (primary N) is 1. The van der Waals surface area contributed by atoms with Gasteiger partial charge in [-0.15, -0.1) is 4.40 Å². The summed E-state index contributed by atoms with van der Waals surface area (Å²) in [6.45, 7) is 1.81. The summed E-state index contributed by atoms with van der Waals surface area (Å²) in [6.07, 6.45) is 0. The predicted octanol–water partition coefficient (Wildman–Crippen LogP) is 0.403. The summed E-state index contributed by atoms with van der Waals surface area (Å²) in [7, 11) is -3.51. The van der Waals surface area contributed by atoms with E-state index in [9.17, 15) is 8.42 Å². The Balaban J connectivity index is 2.90. The van der Waals surface area contributed by atoms with Crippen molar-refractivity contribution in [3.63, 3.8) is 0 Å². The van der Waals surface area contributed by atoms with E-state index < -0.39 is 10.0 Å². The average molecular weight is 196 g/mol. The first kappa shape index (κ1) is 8.25. The van der Waals surface area contributed by atoms with Crippen molar-refractivity contribution in [2.75, 3.05) is 0 Å². The van der Waals surface area contributed by atoms with E-state index in [1.807, 2.05) is 13.0 Å². The molecule has 1 aromatic rings. The Morgan fingerprint density at radius 1 is 1.38 bits per heavy atom. The van der Waals surface area contributed by atoms with Gasteiger partial charge in [-0.05, 0) is 18.6 Å². The number of hydrogen-bond acceptors (Lipinski definition) is 3. The van der Waals surface area contributed by atoms with E-state index in [-0.39, 0.29) is 10.7 Å². The van der Waals surface area contributed by atoms with Crippen molar-refractivity contribution >= 4 is 15.9 Å². The molecule has 0 fully saturated rings. The van der Waals surface area contributed by atoms with Gasteiger partial charge in [0, 0.05) is 5.56 Å². The number of benzene rings is 1. The molecule has 1 heterocycles. The second-order valence-corrected chi connectivity index (χ2v) is 4.47. The molecule has 1 aliphatic heterocycles. The van der Waals surface area contributed by atoms with Crippen LogP contribution in [-0.4, -0.2) is 14.3 Å². The third-order valence-corrected chi connectivity index (χ3v) is 3.32. The van der Waals surface area contributed by atoms with Crippen LogP contribution in [0.2, 0.25) is 0 Å². The average Bonchev–Trinajstić information content (AvgIpc) is 2.24. The van der Waals surface area contributed by atoms with E-state index in [2.05, 4.69) is 4.40 Å². The largest absolute Gasteiger partial charge is 0.382 e. The fourth-order valence-corrected chi connectivity index (χ4v) is 2.63. The van der Waals surface area contributed by atoms with Gasteiger partial charge in [0.2, 0.25) is 0 Å². The Bertz CT molecular complexity index is 503. The van der Waals surface area contributed by atoms with Crippen molar-refractivity contribution in [2.24, 2.45) is 10.1 Å². The Labute approximate surface area is 76.2 Å². The van der Waals surface area contributed by atoms with Crippen LogP contribution in [-0.2, 0) is 10.0 Å². The number of fused-ring (bicyclic) bond motifs is 1. The van der Waals surface area contributed by atoms with Gasteiger partial charge in [-0.2, -0.15) is 8.42 Å². The third kappa shape index (κ3) is 1.04. The van der Waals surface area contributed by atoms with Crippen LogP contribution in [0.4, 0.5) is 0 Å². The lowest BCUT2D eigenvalue weighted by atomic mass is 10.1. The van der Waals surface area contributed by atoms with E-state index >= 15 is 0 Å². The van der Waals surface area contributed by atoms with Crippen molar-refractivity contribution < 1.29 is 8.42 Å². The van der Waals surface area contributed by atoms with Crippen molar-refractivity contribution in [1.82, 2.24) is 0 Å². The van der Waals surface area contributed by atoms with Crippen LogP contribution in [0, 0.1) is 6.92 Å². The van der Waals surface area contributed by atoms with Gasteiger partial charge in [-0.25, -0.2) is 0 Å². The molecule has 4 nitrogen and oxygen atoms in total. The fraction of sp³-hybridized carbons (Fsp3) is 0.125. The number of sulfonamides is 1. The molecule has 0 aromatic heterocycles.